The van der Waals surface area contributed by atoms with E-state index < -0.39 is 18.2 Å². The minimum absolute atomic E-state index is 0.0353. The number of urea groups is 1. The van der Waals surface area contributed by atoms with Gasteiger partial charge >= 0.3 is 6.03 Å². The van der Waals surface area contributed by atoms with Gasteiger partial charge in [-0.1, -0.05) is 44.2 Å². The number of hydrogen-bond acceptors (Lipinski definition) is 6. The lowest BCUT2D eigenvalue weighted by atomic mass is 9.98. The number of nitrogens with zero attached hydrogens (tertiary/aromatic N) is 3. The minimum Gasteiger partial charge on any atom is -0.390 e. The van der Waals surface area contributed by atoms with Gasteiger partial charge in [0.2, 0.25) is 5.91 Å². The van der Waals surface area contributed by atoms with Crippen LogP contribution in [0.5, 0.6) is 0 Å². The van der Waals surface area contributed by atoms with Crippen LogP contribution < -0.4 is 11.1 Å². The third-order valence-corrected chi connectivity index (χ3v) is 6.54. The molecule has 8 nitrogen and oxygen atoms in total. The van der Waals surface area contributed by atoms with E-state index >= 15 is 0 Å². The Kier molecular flexibility index (Phi) is 8.22. The Morgan fingerprint density at radius 3 is 2.59 bits per heavy atom. The maximum Gasteiger partial charge on any atom is 0.321 e. The number of nitrogens with two attached hydrogens (primary N) is 1. The Hall–Kier alpha value is -2.49. The standard InChI is InChI=1S/C23H33N5O3S/c1-15(2)21(28-10-9-27(23(28)31)13-18-14-32-16(3)25-18)22(30)26-19(20(29)12-24)11-17-7-5-4-6-8-17/h4-8,14-15,19-21,29H,9-13,24H2,1-3H3,(H,26,30)/t19-,20-,21-/m0/s1. The lowest BCUT2D eigenvalue weighted by Gasteiger charge is -2.32. The largest absolute Gasteiger partial charge is 0.390 e. The van der Waals surface area contributed by atoms with Crippen molar-refractivity contribution in [3.8, 4) is 0 Å². The maximum atomic E-state index is 13.3. The SMILES string of the molecule is Cc1nc(CN2CCN([C@H](C(=O)N[C@@H](Cc3ccccc3)[C@@H](O)CN)C(C)C)C2=O)cs1. The molecule has 4 N–H and O–H groups in total. The topological polar surface area (TPSA) is 112 Å². The first-order valence-electron chi connectivity index (χ1n) is 11.0. The van der Waals surface area contributed by atoms with Gasteiger partial charge in [-0.2, -0.15) is 0 Å². The summed E-state index contributed by atoms with van der Waals surface area (Å²) in [6.07, 6.45) is -0.426. The minimum atomic E-state index is -0.884. The van der Waals surface area contributed by atoms with Gasteiger partial charge in [-0.25, -0.2) is 9.78 Å². The van der Waals surface area contributed by atoms with E-state index in [0.717, 1.165) is 16.3 Å². The lowest BCUT2D eigenvalue weighted by molar-refractivity contribution is -0.128. The van der Waals surface area contributed by atoms with Crippen LogP contribution in [0.15, 0.2) is 35.7 Å². The van der Waals surface area contributed by atoms with Crippen LogP contribution >= 0.6 is 11.3 Å². The second-order valence-electron chi connectivity index (χ2n) is 8.55. The van der Waals surface area contributed by atoms with Gasteiger partial charge in [0, 0.05) is 25.0 Å². The number of hydrogen-bond donors (Lipinski definition) is 3. The van der Waals surface area contributed by atoms with Gasteiger partial charge < -0.3 is 26.0 Å². The van der Waals surface area contributed by atoms with Gasteiger partial charge in [0.1, 0.15) is 6.04 Å². The van der Waals surface area contributed by atoms with Gasteiger partial charge in [-0.05, 0) is 24.8 Å². The van der Waals surface area contributed by atoms with E-state index in [1.807, 2.05) is 56.5 Å². The number of aliphatic hydroxyl groups excluding tert-OH is 1. The highest BCUT2D eigenvalue weighted by Gasteiger charge is 2.40. The van der Waals surface area contributed by atoms with E-state index in [2.05, 4.69) is 10.3 Å². The molecule has 1 aliphatic rings. The molecule has 9 heteroatoms. The second-order valence-corrected chi connectivity index (χ2v) is 9.61. The Balaban J connectivity index is 1.70. The zero-order valence-corrected chi connectivity index (χ0v) is 19.7. The molecule has 2 aromatic rings. The number of carbonyl (C=O) groups excluding carboxylic acids is 2. The zero-order valence-electron chi connectivity index (χ0n) is 18.9. The molecular weight excluding hydrogens is 426 g/mol. The molecule has 174 valence electrons. The lowest BCUT2D eigenvalue weighted by Crippen LogP contribution is -2.56. The molecule has 2 heterocycles. The van der Waals surface area contributed by atoms with E-state index in [4.69, 9.17) is 5.73 Å². The average Bonchev–Trinajstić information content (AvgIpc) is 3.33. The summed E-state index contributed by atoms with van der Waals surface area (Å²) in [5, 5.41) is 16.3. The predicted molar refractivity (Wildman–Crippen MR) is 125 cm³/mol. The fraction of sp³-hybridized carbons (Fsp3) is 0.522. The molecular formula is C23H33N5O3S. The summed E-state index contributed by atoms with van der Waals surface area (Å²) in [5.41, 5.74) is 7.56. The highest BCUT2D eigenvalue weighted by atomic mass is 32.1. The molecule has 0 aliphatic carbocycles. The molecule has 0 bridgehead atoms. The fourth-order valence-corrected chi connectivity index (χ4v) is 4.67. The molecule has 0 unspecified atom stereocenters. The number of nitrogens with one attached hydrogen (secondary N) is 1. The number of aromatic nitrogens is 1. The molecule has 32 heavy (non-hydrogen) atoms. The van der Waals surface area contributed by atoms with E-state index in [9.17, 15) is 14.7 Å². The quantitative estimate of drug-likeness (QED) is 0.501. The van der Waals surface area contributed by atoms with Crippen molar-refractivity contribution in [2.45, 2.75) is 51.9 Å². The van der Waals surface area contributed by atoms with Crippen LogP contribution in [0.2, 0.25) is 0 Å². The van der Waals surface area contributed by atoms with Crippen molar-refractivity contribution >= 4 is 23.3 Å². The number of aliphatic hydroxyl groups is 1. The molecule has 1 aromatic carbocycles. The third kappa shape index (κ3) is 5.85. The van der Waals surface area contributed by atoms with Gasteiger partial charge in [-0.15, -0.1) is 11.3 Å². The molecule has 3 rings (SSSR count). The van der Waals surface area contributed by atoms with Crippen LogP contribution in [-0.4, -0.2) is 69.7 Å². The Labute approximate surface area is 193 Å². The van der Waals surface area contributed by atoms with Gasteiger partial charge in [0.15, 0.2) is 0 Å². The molecule has 0 saturated carbocycles. The van der Waals surface area contributed by atoms with Crippen molar-refractivity contribution in [2.24, 2.45) is 11.7 Å². The Morgan fingerprint density at radius 2 is 2.00 bits per heavy atom. The van der Waals surface area contributed by atoms with E-state index in [1.165, 1.54) is 0 Å². The van der Waals surface area contributed by atoms with Crippen molar-refractivity contribution in [3.05, 3.63) is 52.0 Å². The molecule has 1 aromatic heterocycles. The molecule has 0 radical (unpaired) electrons. The zero-order chi connectivity index (χ0) is 23.3. The molecule has 1 fully saturated rings. The van der Waals surface area contributed by atoms with E-state index in [-0.39, 0.29) is 24.4 Å². The van der Waals surface area contributed by atoms with Crippen molar-refractivity contribution < 1.29 is 14.7 Å². The molecule has 1 saturated heterocycles. The fourth-order valence-electron chi connectivity index (χ4n) is 4.07. The van der Waals surface area contributed by atoms with E-state index in [1.54, 1.807) is 21.1 Å². The van der Waals surface area contributed by atoms with Crippen LogP contribution in [0.3, 0.4) is 0 Å². The molecule has 3 amide bonds. The molecule has 1 aliphatic heterocycles. The first-order chi connectivity index (χ1) is 15.3. The molecule has 3 atom stereocenters. The summed E-state index contributed by atoms with van der Waals surface area (Å²) in [4.78, 5) is 34.2. The Morgan fingerprint density at radius 1 is 1.28 bits per heavy atom. The van der Waals surface area contributed by atoms with Crippen LogP contribution in [0.1, 0.15) is 30.1 Å². The van der Waals surface area contributed by atoms with Gasteiger partial charge in [0.05, 0.1) is 29.4 Å². The Bertz CT molecular complexity index is 904. The van der Waals surface area contributed by atoms with Crippen LogP contribution in [0, 0.1) is 12.8 Å². The number of benzene rings is 1. The highest BCUT2D eigenvalue weighted by Crippen LogP contribution is 2.21. The number of amides is 3. The highest BCUT2D eigenvalue weighted by molar-refractivity contribution is 7.09. The van der Waals surface area contributed by atoms with Crippen molar-refractivity contribution in [1.29, 1.82) is 0 Å². The summed E-state index contributed by atoms with van der Waals surface area (Å²) < 4.78 is 0. The monoisotopic (exact) mass is 459 g/mol. The van der Waals surface area contributed by atoms with Crippen molar-refractivity contribution in [1.82, 2.24) is 20.1 Å². The first-order valence-corrected chi connectivity index (χ1v) is 11.9. The summed E-state index contributed by atoms with van der Waals surface area (Å²) >= 11 is 1.56. The summed E-state index contributed by atoms with van der Waals surface area (Å²) in [6, 6.07) is 8.32. The van der Waals surface area contributed by atoms with Crippen LogP contribution in [0.4, 0.5) is 4.79 Å². The van der Waals surface area contributed by atoms with Crippen molar-refractivity contribution in [3.63, 3.8) is 0 Å². The molecule has 0 spiro atoms. The first kappa shape index (κ1) is 24.2. The maximum absolute atomic E-state index is 13.3. The second kappa shape index (κ2) is 10.9. The van der Waals surface area contributed by atoms with E-state index in [0.29, 0.717) is 26.1 Å². The normalized spacial score (nSPS) is 17.0. The number of rotatable bonds is 10. The van der Waals surface area contributed by atoms with Crippen LogP contribution in [0.25, 0.3) is 0 Å². The summed E-state index contributed by atoms with van der Waals surface area (Å²) in [6.45, 7) is 7.28. The smallest absolute Gasteiger partial charge is 0.321 e. The average molecular weight is 460 g/mol. The van der Waals surface area contributed by atoms with Gasteiger partial charge in [0.25, 0.3) is 0 Å². The van der Waals surface area contributed by atoms with Crippen molar-refractivity contribution in [2.75, 3.05) is 19.6 Å². The van der Waals surface area contributed by atoms with Gasteiger partial charge in [-0.3, -0.25) is 4.79 Å². The van der Waals surface area contributed by atoms with Crippen LogP contribution in [-0.2, 0) is 17.8 Å². The predicted octanol–water partition coefficient (Wildman–Crippen LogP) is 1.76. The summed E-state index contributed by atoms with van der Waals surface area (Å²) in [5.74, 6) is -0.360. The number of carbonyl (C=O) groups is 2. The number of aryl methyl sites for hydroxylation is 1. The number of thiazole rings is 1. The summed E-state index contributed by atoms with van der Waals surface area (Å²) in [7, 11) is 0. The third-order valence-electron chi connectivity index (χ3n) is 5.71.